The van der Waals surface area contributed by atoms with Gasteiger partial charge >= 0.3 is 0 Å². The summed E-state index contributed by atoms with van der Waals surface area (Å²) in [6.45, 7) is 3.13. The first-order valence-electron chi connectivity index (χ1n) is 9.48. The second-order valence-electron chi connectivity index (χ2n) is 7.20. The highest BCUT2D eigenvalue weighted by molar-refractivity contribution is 5.92. The summed E-state index contributed by atoms with van der Waals surface area (Å²) in [5, 5.41) is 10.8. The minimum atomic E-state index is 0.0357. The monoisotopic (exact) mass is 359 g/mol. The van der Waals surface area contributed by atoms with Crippen LogP contribution in [0.25, 0.3) is 0 Å². The van der Waals surface area contributed by atoms with Crippen LogP contribution in [0.15, 0.2) is 16.8 Å². The number of nitrogens with one attached hydrogen (secondary N) is 1. The van der Waals surface area contributed by atoms with Gasteiger partial charge < -0.3 is 14.2 Å². The number of H-pyrrole nitrogens is 1. The Morgan fingerprint density at radius 1 is 1.31 bits per heavy atom. The summed E-state index contributed by atoms with van der Waals surface area (Å²) in [4.78, 5) is 19.0. The average molecular weight is 359 g/mol. The zero-order valence-electron chi connectivity index (χ0n) is 14.9. The molecule has 1 N–H and O–H groups in total. The molecule has 0 aliphatic carbocycles. The number of nitrogens with zero attached hydrogens (tertiary/aromatic N) is 4. The Morgan fingerprint density at radius 2 is 2.19 bits per heavy atom. The highest BCUT2D eigenvalue weighted by Crippen LogP contribution is 2.26. The number of carbonyl (C=O) groups excluding carboxylic acids is 1. The summed E-state index contributed by atoms with van der Waals surface area (Å²) >= 11 is 0. The molecule has 0 saturated carbocycles. The van der Waals surface area contributed by atoms with Gasteiger partial charge in [-0.2, -0.15) is 10.1 Å². The zero-order valence-corrected chi connectivity index (χ0v) is 14.9. The highest BCUT2D eigenvalue weighted by atomic mass is 16.5. The van der Waals surface area contributed by atoms with Gasteiger partial charge in [0.25, 0.3) is 5.91 Å². The third-order valence-corrected chi connectivity index (χ3v) is 5.37. The zero-order chi connectivity index (χ0) is 17.8. The highest BCUT2D eigenvalue weighted by Gasteiger charge is 2.26. The fourth-order valence-corrected chi connectivity index (χ4v) is 3.84. The number of aromatic amines is 1. The Balaban J connectivity index is 1.29. The molecule has 4 rings (SSSR count). The maximum absolute atomic E-state index is 12.5. The van der Waals surface area contributed by atoms with Crippen LogP contribution in [-0.4, -0.2) is 57.4 Å². The van der Waals surface area contributed by atoms with Crippen LogP contribution in [-0.2, 0) is 11.2 Å². The molecule has 140 valence electrons. The van der Waals surface area contributed by atoms with Gasteiger partial charge in [-0.05, 0) is 44.1 Å². The Bertz CT molecular complexity index is 708. The van der Waals surface area contributed by atoms with Gasteiger partial charge in [0, 0.05) is 44.8 Å². The van der Waals surface area contributed by atoms with Gasteiger partial charge in [0.15, 0.2) is 5.82 Å². The van der Waals surface area contributed by atoms with E-state index in [1.807, 2.05) is 4.90 Å². The number of ether oxygens (including phenoxy) is 1. The van der Waals surface area contributed by atoms with E-state index in [9.17, 15) is 4.79 Å². The number of amides is 1. The molecule has 2 fully saturated rings. The minimum absolute atomic E-state index is 0.0357. The standard InChI is InChI=1S/C18H25N5O3/c24-18(15-5-8-19-21-15)23-9-1-2-13(12-23)3-4-16-20-17(26-22-16)14-6-10-25-11-7-14/h5,8,13-14H,1-4,6-7,9-12H2,(H,19,21). The maximum atomic E-state index is 12.5. The van der Waals surface area contributed by atoms with E-state index in [1.165, 1.54) is 0 Å². The number of likely N-dealkylation sites (tertiary alicyclic amines) is 1. The predicted molar refractivity (Wildman–Crippen MR) is 92.6 cm³/mol. The normalized spacial score (nSPS) is 21.8. The molecule has 2 aromatic heterocycles. The molecule has 8 heteroatoms. The van der Waals surface area contributed by atoms with Gasteiger partial charge in [-0.25, -0.2) is 0 Å². The molecule has 26 heavy (non-hydrogen) atoms. The van der Waals surface area contributed by atoms with Crippen LogP contribution in [0.5, 0.6) is 0 Å². The van der Waals surface area contributed by atoms with E-state index >= 15 is 0 Å². The molecule has 2 saturated heterocycles. The van der Waals surface area contributed by atoms with Crippen LogP contribution in [0.2, 0.25) is 0 Å². The smallest absolute Gasteiger partial charge is 0.271 e. The summed E-state index contributed by atoms with van der Waals surface area (Å²) in [5.41, 5.74) is 0.560. The second-order valence-corrected chi connectivity index (χ2v) is 7.20. The van der Waals surface area contributed by atoms with Crippen LogP contribution in [0, 0.1) is 5.92 Å². The third kappa shape index (κ3) is 3.95. The van der Waals surface area contributed by atoms with Crippen molar-refractivity contribution in [3.63, 3.8) is 0 Å². The van der Waals surface area contributed by atoms with E-state index in [1.54, 1.807) is 12.3 Å². The number of aromatic nitrogens is 4. The van der Waals surface area contributed by atoms with Crippen molar-refractivity contribution in [2.24, 2.45) is 5.92 Å². The van der Waals surface area contributed by atoms with Crippen LogP contribution < -0.4 is 0 Å². The largest absolute Gasteiger partial charge is 0.381 e. The summed E-state index contributed by atoms with van der Waals surface area (Å²) in [7, 11) is 0. The number of rotatable bonds is 5. The number of hydrogen-bond acceptors (Lipinski definition) is 6. The SMILES string of the molecule is O=C(c1ccn[nH]1)N1CCCC(CCc2noc(C3CCOCC3)n2)C1. The first-order valence-corrected chi connectivity index (χ1v) is 9.48. The van der Waals surface area contributed by atoms with Crippen LogP contribution in [0.1, 0.15) is 60.2 Å². The van der Waals surface area contributed by atoms with Gasteiger partial charge in [-0.15, -0.1) is 0 Å². The van der Waals surface area contributed by atoms with Crippen molar-refractivity contribution < 1.29 is 14.1 Å². The van der Waals surface area contributed by atoms with E-state index < -0.39 is 0 Å². The van der Waals surface area contributed by atoms with Gasteiger partial charge in [0.05, 0.1) is 0 Å². The van der Waals surface area contributed by atoms with Crippen LogP contribution >= 0.6 is 0 Å². The van der Waals surface area contributed by atoms with Crippen molar-refractivity contribution >= 4 is 5.91 Å². The van der Waals surface area contributed by atoms with Crippen molar-refractivity contribution in [3.05, 3.63) is 29.7 Å². The van der Waals surface area contributed by atoms with Crippen molar-refractivity contribution in [1.29, 1.82) is 0 Å². The molecule has 2 aliphatic heterocycles. The van der Waals surface area contributed by atoms with Crippen LogP contribution in [0.4, 0.5) is 0 Å². The molecule has 8 nitrogen and oxygen atoms in total. The fraction of sp³-hybridized carbons (Fsp3) is 0.667. The molecular weight excluding hydrogens is 334 g/mol. The van der Waals surface area contributed by atoms with E-state index in [-0.39, 0.29) is 5.91 Å². The third-order valence-electron chi connectivity index (χ3n) is 5.37. The summed E-state index contributed by atoms with van der Waals surface area (Å²) in [6.07, 6.45) is 7.45. The number of carbonyl (C=O) groups is 1. The first kappa shape index (κ1) is 17.2. The second kappa shape index (κ2) is 7.99. The fourth-order valence-electron chi connectivity index (χ4n) is 3.84. The molecular formula is C18H25N5O3. The van der Waals surface area contributed by atoms with Crippen molar-refractivity contribution in [2.75, 3.05) is 26.3 Å². The molecule has 2 aliphatic rings. The molecule has 0 spiro atoms. The molecule has 1 atom stereocenters. The first-order chi connectivity index (χ1) is 12.8. The van der Waals surface area contributed by atoms with Crippen molar-refractivity contribution in [3.8, 4) is 0 Å². The molecule has 1 unspecified atom stereocenters. The Kier molecular flexibility index (Phi) is 5.29. The quantitative estimate of drug-likeness (QED) is 0.879. The molecule has 4 heterocycles. The van der Waals surface area contributed by atoms with E-state index in [0.29, 0.717) is 17.5 Å². The Hall–Kier alpha value is -2.22. The molecule has 2 aromatic rings. The molecule has 0 aromatic carbocycles. The summed E-state index contributed by atoms with van der Waals surface area (Å²) in [5.74, 6) is 2.38. The van der Waals surface area contributed by atoms with Crippen molar-refractivity contribution in [1.82, 2.24) is 25.2 Å². The number of aryl methyl sites for hydroxylation is 1. The van der Waals surface area contributed by atoms with E-state index in [2.05, 4.69) is 20.3 Å². The minimum Gasteiger partial charge on any atom is -0.381 e. The van der Waals surface area contributed by atoms with E-state index in [0.717, 1.165) is 76.5 Å². The lowest BCUT2D eigenvalue weighted by Gasteiger charge is -2.32. The maximum Gasteiger partial charge on any atom is 0.271 e. The molecule has 0 radical (unpaired) electrons. The van der Waals surface area contributed by atoms with Crippen LogP contribution in [0.3, 0.4) is 0 Å². The van der Waals surface area contributed by atoms with Gasteiger partial charge in [-0.1, -0.05) is 5.16 Å². The number of piperidine rings is 1. The molecule has 1 amide bonds. The van der Waals surface area contributed by atoms with Gasteiger partial charge in [0.1, 0.15) is 5.69 Å². The number of hydrogen-bond donors (Lipinski definition) is 1. The summed E-state index contributed by atoms with van der Waals surface area (Å²) < 4.78 is 10.8. The average Bonchev–Trinajstić information content (AvgIpc) is 3.39. The Labute approximate surface area is 152 Å². The lowest BCUT2D eigenvalue weighted by Crippen LogP contribution is -2.40. The summed E-state index contributed by atoms with van der Waals surface area (Å²) in [6, 6.07) is 1.73. The Morgan fingerprint density at radius 3 is 3.00 bits per heavy atom. The molecule has 0 bridgehead atoms. The topological polar surface area (TPSA) is 97.1 Å². The predicted octanol–water partition coefficient (Wildman–Crippen LogP) is 2.17. The van der Waals surface area contributed by atoms with Gasteiger partial charge in [0.2, 0.25) is 5.89 Å². The van der Waals surface area contributed by atoms with Crippen molar-refractivity contribution in [2.45, 2.75) is 44.4 Å². The van der Waals surface area contributed by atoms with Gasteiger partial charge in [-0.3, -0.25) is 9.89 Å². The van der Waals surface area contributed by atoms with E-state index in [4.69, 9.17) is 9.26 Å². The lowest BCUT2D eigenvalue weighted by atomic mass is 9.93. The lowest BCUT2D eigenvalue weighted by molar-refractivity contribution is 0.0662.